The second-order valence-corrected chi connectivity index (χ2v) is 4.37. The van der Waals surface area contributed by atoms with Gasteiger partial charge in [0.1, 0.15) is 11.6 Å². The summed E-state index contributed by atoms with van der Waals surface area (Å²) < 4.78 is 18.3. The summed E-state index contributed by atoms with van der Waals surface area (Å²) in [6, 6.07) is 9.19. The van der Waals surface area contributed by atoms with E-state index in [2.05, 4.69) is 10.3 Å². The van der Waals surface area contributed by atoms with Crippen molar-refractivity contribution in [1.82, 2.24) is 4.98 Å². The molecule has 0 aliphatic rings. The molecule has 0 spiro atoms. The monoisotopic (exact) mass is 289 g/mol. The Labute approximate surface area is 121 Å². The zero-order valence-corrected chi connectivity index (χ0v) is 11.4. The number of aromatic nitrogens is 1. The molecule has 3 N–H and O–H groups in total. The molecule has 1 aromatic carbocycles. The van der Waals surface area contributed by atoms with Crippen LogP contribution in [-0.2, 0) is 11.2 Å². The Balaban J connectivity index is 1.83. The minimum atomic E-state index is -0.409. The summed E-state index contributed by atoms with van der Waals surface area (Å²) >= 11 is 0. The minimum Gasteiger partial charge on any atom is -0.482 e. The molecule has 0 bridgehead atoms. The van der Waals surface area contributed by atoms with Crippen molar-refractivity contribution >= 4 is 11.6 Å². The van der Waals surface area contributed by atoms with Crippen LogP contribution in [0.15, 0.2) is 42.6 Å². The first kappa shape index (κ1) is 14.9. The third kappa shape index (κ3) is 4.85. The van der Waals surface area contributed by atoms with Gasteiger partial charge < -0.3 is 15.8 Å². The molecule has 21 heavy (non-hydrogen) atoms. The predicted octanol–water partition coefficient (Wildman–Crippen LogP) is 1.74. The van der Waals surface area contributed by atoms with Crippen molar-refractivity contribution in [2.75, 3.05) is 18.5 Å². The van der Waals surface area contributed by atoms with E-state index in [1.165, 1.54) is 18.2 Å². The summed E-state index contributed by atoms with van der Waals surface area (Å²) in [5, 5.41) is 2.54. The molecule has 1 amide bonds. The molecule has 2 aromatic rings. The van der Waals surface area contributed by atoms with Gasteiger partial charge in [0.2, 0.25) is 0 Å². The van der Waals surface area contributed by atoms with Crippen LogP contribution >= 0.6 is 0 Å². The van der Waals surface area contributed by atoms with Crippen LogP contribution in [0, 0.1) is 5.82 Å². The molecule has 6 heteroatoms. The van der Waals surface area contributed by atoms with Crippen LogP contribution in [-0.4, -0.2) is 24.0 Å². The average Bonchev–Trinajstić information content (AvgIpc) is 2.47. The smallest absolute Gasteiger partial charge is 0.262 e. The summed E-state index contributed by atoms with van der Waals surface area (Å²) in [5.74, 6) is -0.287. The Hall–Kier alpha value is -2.47. The van der Waals surface area contributed by atoms with Gasteiger partial charge in [-0.1, -0.05) is 6.07 Å². The maximum absolute atomic E-state index is 13.0. The maximum atomic E-state index is 13.0. The van der Waals surface area contributed by atoms with Gasteiger partial charge >= 0.3 is 0 Å². The molecule has 1 aromatic heterocycles. The van der Waals surface area contributed by atoms with Crippen LogP contribution in [0.1, 0.15) is 5.69 Å². The summed E-state index contributed by atoms with van der Waals surface area (Å²) in [4.78, 5) is 15.8. The van der Waals surface area contributed by atoms with E-state index in [1.807, 2.05) is 0 Å². The number of nitrogens with zero attached hydrogens (tertiary/aromatic N) is 1. The molecule has 2 rings (SSSR count). The molecule has 0 saturated carbocycles. The second-order valence-electron chi connectivity index (χ2n) is 4.37. The molecular weight excluding hydrogens is 273 g/mol. The summed E-state index contributed by atoms with van der Waals surface area (Å²) in [5.41, 5.74) is 6.69. The number of halogens is 1. The largest absolute Gasteiger partial charge is 0.482 e. The Kier molecular flexibility index (Phi) is 5.22. The molecule has 0 aliphatic carbocycles. The molecule has 5 nitrogen and oxygen atoms in total. The van der Waals surface area contributed by atoms with Gasteiger partial charge in [-0.25, -0.2) is 4.39 Å². The normalized spacial score (nSPS) is 10.2. The quantitative estimate of drug-likeness (QED) is 0.849. The van der Waals surface area contributed by atoms with Crippen molar-refractivity contribution in [3.05, 3.63) is 54.1 Å². The average molecular weight is 289 g/mol. The summed E-state index contributed by atoms with van der Waals surface area (Å²) in [7, 11) is 0. The van der Waals surface area contributed by atoms with Gasteiger partial charge in [0.05, 0.1) is 6.20 Å². The van der Waals surface area contributed by atoms with Crippen LogP contribution in [0.2, 0.25) is 0 Å². The Morgan fingerprint density at radius 3 is 2.86 bits per heavy atom. The van der Waals surface area contributed by atoms with Crippen molar-refractivity contribution in [2.45, 2.75) is 6.42 Å². The van der Waals surface area contributed by atoms with E-state index in [0.29, 0.717) is 24.4 Å². The highest BCUT2D eigenvalue weighted by molar-refractivity contribution is 5.91. The first-order valence-electron chi connectivity index (χ1n) is 6.50. The molecule has 0 saturated heterocycles. The van der Waals surface area contributed by atoms with Crippen molar-refractivity contribution in [3.8, 4) is 5.75 Å². The third-order valence-corrected chi connectivity index (χ3v) is 2.68. The molecule has 0 radical (unpaired) electrons. The van der Waals surface area contributed by atoms with Gasteiger partial charge in [0.15, 0.2) is 6.61 Å². The molecule has 0 unspecified atom stereocenters. The molecular formula is C15H16FN3O2. The molecule has 110 valence electrons. The van der Waals surface area contributed by atoms with E-state index in [9.17, 15) is 9.18 Å². The van der Waals surface area contributed by atoms with E-state index < -0.39 is 5.82 Å². The van der Waals surface area contributed by atoms with Crippen LogP contribution in [0.5, 0.6) is 5.75 Å². The standard InChI is InChI=1S/C15H16FN3O2/c16-11-2-1-3-13(8-11)19-15(20)10-21-14-5-4-12(6-7-17)18-9-14/h1-5,8-9H,6-7,10,17H2,(H,19,20). The molecule has 0 aliphatic heterocycles. The van der Waals surface area contributed by atoms with Crippen molar-refractivity contribution in [3.63, 3.8) is 0 Å². The van der Waals surface area contributed by atoms with Crippen LogP contribution < -0.4 is 15.8 Å². The van der Waals surface area contributed by atoms with Crippen molar-refractivity contribution in [1.29, 1.82) is 0 Å². The predicted molar refractivity (Wildman–Crippen MR) is 77.5 cm³/mol. The maximum Gasteiger partial charge on any atom is 0.262 e. The van der Waals surface area contributed by atoms with E-state index in [-0.39, 0.29) is 12.5 Å². The van der Waals surface area contributed by atoms with E-state index >= 15 is 0 Å². The number of carbonyl (C=O) groups is 1. The zero-order valence-electron chi connectivity index (χ0n) is 11.4. The highest BCUT2D eigenvalue weighted by atomic mass is 19.1. The van der Waals surface area contributed by atoms with Gasteiger partial charge in [0, 0.05) is 17.8 Å². The summed E-state index contributed by atoms with van der Waals surface area (Å²) in [6.07, 6.45) is 2.24. The number of ether oxygens (including phenoxy) is 1. The van der Waals surface area contributed by atoms with Crippen molar-refractivity contribution < 1.29 is 13.9 Å². The number of rotatable bonds is 6. The van der Waals surface area contributed by atoms with Gasteiger partial charge in [-0.15, -0.1) is 0 Å². The highest BCUT2D eigenvalue weighted by Gasteiger charge is 2.05. The molecule has 0 fully saturated rings. The Morgan fingerprint density at radius 2 is 2.19 bits per heavy atom. The number of anilines is 1. The topological polar surface area (TPSA) is 77.2 Å². The lowest BCUT2D eigenvalue weighted by Gasteiger charge is -2.07. The van der Waals surface area contributed by atoms with E-state index in [4.69, 9.17) is 10.5 Å². The lowest BCUT2D eigenvalue weighted by molar-refractivity contribution is -0.118. The lowest BCUT2D eigenvalue weighted by atomic mass is 10.3. The summed E-state index contributed by atoms with van der Waals surface area (Å²) in [6.45, 7) is 0.359. The Morgan fingerprint density at radius 1 is 1.33 bits per heavy atom. The number of hydrogen-bond acceptors (Lipinski definition) is 4. The second kappa shape index (κ2) is 7.35. The molecule has 0 atom stereocenters. The van der Waals surface area contributed by atoms with Crippen LogP contribution in [0.4, 0.5) is 10.1 Å². The number of pyridine rings is 1. The number of amides is 1. The minimum absolute atomic E-state index is 0.172. The number of nitrogens with one attached hydrogen (secondary N) is 1. The van der Waals surface area contributed by atoms with Crippen LogP contribution in [0.25, 0.3) is 0 Å². The first-order valence-corrected chi connectivity index (χ1v) is 6.50. The fourth-order valence-corrected chi connectivity index (χ4v) is 1.70. The first-order chi connectivity index (χ1) is 10.2. The van der Waals surface area contributed by atoms with Gasteiger partial charge in [-0.3, -0.25) is 9.78 Å². The van der Waals surface area contributed by atoms with Crippen LogP contribution in [0.3, 0.4) is 0 Å². The van der Waals surface area contributed by atoms with E-state index in [0.717, 1.165) is 5.69 Å². The SMILES string of the molecule is NCCc1ccc(OCC(=O)Nc2cccc(F)c2)cn1. The van der Waals surface area contributed by atoms with Crippen molar-refractivity contribution in [2.24, 2.45) is 5.73 Å². The van der Waals surface area contributed by atoms with Gasteiger partial charge in [0.25, 0.3) is 5.91 Å². The van der Waals surface area contributed by atoms with Gasteiger partial charge in [-0.2, -0.15) is 0 Å². The fraction of sp³-hybridized carbons (Fsp3) is 0.200. The van der Waals surface area contributed by atoms with Gasteiger partial charge in [-0.05, 0) is 36.9 Å². The highest BCUT2D eigenvalue weighted by Crippen LogP contribution is 2.11. The van der Waals surface area contributed by atoms with E-state index in [1.54, 1.807) is 24.4 Å². The Bertz CT molecular complexity index is 602. The number of benzene rings is 1. The fourth-order valence-electron chi connectivity index (χ4n) is 1.70. The lowest BCUT2D eigenvalue weighted by Crippen LogP contribution is -2.20. The number of hydrogen-bond donors (Lipinski definition) is 2. The zero-order chi connectivity index (χ0) is 15.1. The number of nitrogens with two attached hydrogens (primary N) is 1. The number of carbonyl (C=O) groups excluding carboxylic acids is 1. The molecule has 1 heterocycles. The third-order valence-electron chi connectivity index (χ3n) is 2.68.